The van der Waals surface area contributed by atoms with E-state index in [1.54, 1.807) is 0 Å². The molecule has 1 aliphatic carbocycles. The number of halogens is 3. The average molecular weight is 536 g/mol. The lowest BCUT2D eigenvalue weighted by atomic mass is 9.95. The average Bonchev–Trinajstić information content (AvgIpc) is 3.22. The van der Waals surface area contributed by atoms with Crippen LogP contribution in [-0.2, 0) is 4.79 Å². The summed E-state index contributed by atoms with van der Waals surface area (Å²) in [4.78, 5) is 15.3. The van der Waals surface area contributed by atoms with Crippen LogP contribution in [-0.4, -0.2) is 38.4 Å². The maximum absolute atomic E-state index is 10.6. The minimum Gasteiger partial charge on any atom is -0.475 e. The third kappa shape index (κ3) is 8.69. The van der Waals surface area contributed by atoms with Crippen molar-refractivity contribution in [2.24, 2.45) is 0 Å². The SMILES string of the molecule is CCCCCCSc1cccc(-c2nc3ccc(C)cn3c2NC2CCCCC2)c1.O=C(O)C(F)(F)F. The van der Waals surface area contributed by atoms with Gasteiger partial charge < -0.3 is 10.4 Å². The van der Waals surface area contributed by atoms with E-state index in [2.05, 4.69) is 66.2 Å². The van der Waals surface area contributed by atoms with Gasteiger partial charge in [-0.25, -0.2) is 9.78 Å². The van der Waals surface area contributed by atoms with Crippen LogP contribution in [0.4, 0.5) is 19.0 Å². The lowest BCUT2D eigenvalue weighted by Gasteiger charge is -2.24. The van der Waals surface area contributed by atoms with Gasteiger partial charge in [0.25, 0.3) is 0 Å². The van der Waals surface area contributed by atoms with Crippen LogP contribution in [0.25, 0.3) is 16.9 Å². The number of carbonyl (C=O) groups is 1. The van der Waals surface area contributed by atoms with Crippen molar-refractivity contribution in [3.05, 3.63) is 48.2 Å². The van der Waals surface area contributed by atoms with Gasteiger partial charge in [-0.05, 0) is 55.7 Å². The quantitative estimate of drug-likeness (QED) is 0.213. The van der Waals surface area contributed by atoms with Gasteiger partial charge in [-0.15, -0.1) is 11.8 Å². The summed E-state index contributed by atoms with van der Waals surface area (Å²) in [6.07, 6.45) is 8.94. The van der Waals surface area contributed by atoms with E-state index in [-0.39, 0.29) is 0 Å². The van der Waals surface area contributed by atoms with Crippen molar-refractivity contribution >= 4 is 29.2 Å². The molecule has 0 unspecified atom stereocenters. The Labute approximate surface area is 220 Å². The van der Waals surface area contributed by atoms with Gasteiger partial charge in [-0.1, -0.05) is 63.6 Å². The van der Waals surface area contributed by atoms with E-state index in [1.165, 1.54) is 79.6 Å². The number of benzene rings is 1. The predicted molar refractivity (Wildman–Crippen MR) is 144 cm³/mol. The van der Waals surface area contributed by atoms with Gasteiger partial charge >= 0.3 is 12.1 Å². The monoisotopic (exact) mass is 535 g/mol. The second kappa shape index (κ2) is 13.7. The second-order valence-electron chi connectivity index (χ2n) is 9.46. The number of pyridine rings is 1. The highest BCUT2D eigenvalue weighted by Gasteiger charge is 2.38. The molecule has 0 saturated heterocycles. The van der Waals surface area contributed by atoms with Crippen molar-refractivity contribution in [1.29, 1.82) is 0 Å². The van der Waals surface area contributed by atoms with Crippen LogP contribution in [0.1, 0.15) is 70.3 Å². The third-order valence-corrected chi connectivity index (χ3v) is 7.41. The number of rotatable bonds is 9. The van der Waals surface area contributed by atoms with Gasteiger partial charge in [-0.3, -0.25) is 4.40 Å². The molecule has 2 aromatic heterocycles. The maximum Gasteiger partial charge on any atom is 0.490 e. The molecule has 5 nitrogen and oxygen atoms in total. The maximum atomic E-state index is 10.6. The molecule has 1 aliphatic rings. The van der Waals surface area contributed by atoms with Crippen molar-refractivity contribution in [3.63, 3.8) is 0 Å². The number of anilines is 1. The molecule has 202 valence electrons. The van der Waals surface area contributed by atoms with Crippen molar-refractivity contribution in [2.45, 2.75) is 88.7 Å². The lowest BCUT2D eigenvalue weighted by molar-refractivity contribution is -0.192. The first kappa shape index (κ1) is 28.9. The standard InChI is InChI=1S/C26H35N3S.C2HF3O2/c1-3-4-5-9-17-30-23-14-10-11-21(18-23)25-26(27-22-12-7-6-8-13-22)29-19-20(2)15-16-24(29)28-25;3-2(4,5)1(6)7/h10-11,14-16,18-19,22,27H,3-9,12-13,17H2,1-2H3;(H,6,7). The molecule has 0 amide bonds. The molecule has 0 aliphatic heterocycles. The number of nitrogens with zero attached hydrogens (tertiary/aromatic N) is 2. The number of unbranched alkanes of at least 4 members (excludes halogenated alkanes) is 3. The van der Waals surface area contributed by atoms with Crippen LogP contribution in [0, 0.1) is 6.92 Å². The summed E-state index contributed by atoms with van der Waals surface area (Å²) in [5.41, 5.74) is 4.58. The van der Waals surface area contributed by atoms with E-state index in [4.69, 9.17) is 14.9 Å². The summed E-state index contributed by atoms with van der Waals surface area (Å²) < 4.78 is 34.0. The molecule has 1 saturated carbocycles. The number of aryl methyl sites for hydroxylation is 1. The van der Waals surface area contributed by atoms with E-state index >= 15 is 0 Å². The summed E-state index contributed by atoms with van der Waals surface area (Å²) >= 11 is 1.98. The number of aromatic nitrogens is 2. The lowest BCUT2D eigenvalue weighted by Crippen LogP contribution is -2.23. The van der Waals surface area contributed by atoms with Crippen LogP contribution in [0.15, 0.2) is 47.5 Å². The van der Waals surface area contributed by atoms with Crippen molar-refractivity contribution in [1.82, 2.24) is 9.38 Å². The number of carboxylic acid groups (broad SMARTS) is 1. The van der Waals surface area contributed by atoms with Crippen LogP contribution in [0.3, 0.4) is 0 Å². The number of alkyl halides is 3. The molecule has 4 rings (SSSR count). The fraction of sp³-hybridized carbons (Fsp3) is 0.500. The highest BCUT2D eigenvalue weighted by atomic mass is 32.2. The molecule has 0 spiro atoms. The number of fused-ring (bicyclic) bond motifs is 1. The Morgan fingerprint density at radius 1 is 1.14 bits per heavy atom. The summed E-state index contributed by atoms with van der Waals surface area (Å²) in [5.74, 6) is -0.403. The number of imidazole rings is 1. The predicted octanol–water partition coefficient (Wildman–Crippen LogP) is 8.36. The van der Waals surface area contributed by atoms with Gasteiger partial charge in [0.05, 0.1) is 0 Å². The van der Waals surface area contributed by atoms with Gasteiger partial charge in [0.15, 0.2) is 0 Å². The first-order valence-electron chi connectivity index (χ1n) is 13.0. The molecule has 0 atom stereocenters. The number of aliphatic carboxylic acids is 1. The largest absolute Gasteiger partial charge is 0.490 e. The number of nitrogens with one attached hydrogen (secondary N) is 1. The van der Waals surface area contributed by atoms with E-state index in [0.29, 0.717) is 6.04 Å². The number of thioether (sulfide) groups is 1. The Bertz CT molecular complexity index is 1160. The van der Waals surface area contributed by atoms with Gasteiger partial charge in [0.2, 0.25) is 0 Å². The summed E-state index contributed by atoms with van der Waals surface area (Å²) in [7, 11) is 0. The molecular formula is C28H36F3N3O2S. The third-order valence-electron chi connectivity index (χ3n) is 6.33. The number of hydrogen-bond acceptors (Lipinski definition) is 4. The Morgan fingerprint density at radius 2 is 1.86 bits per heavy atom. The summed E-state index contributed by atoms with van der Waals surface area (Å²) in [5, 5.41) is 11.0. The zero-order chi connectivity index (χ0) is 26.8. The molecule has 0 radical (unpaired) electrons. The van der Waals surface area contributed by atoms with Crippen LogP contribution in [0.2, 0.25) is 0 Å². The van der Waals surface area contributed by atoms with Crippen molar-refractivity contribution in [3.8, 4) is 11.3 Å². The normalized spacial score (nSPS) is 14.3. The highest BCUT2D eigenvalue weighted by molar-refractivity contribution is 7.99. The fourth-order valence-corrected chi connectivity index (χ4v) is 5.35. The minimum absolute atomic E-state index is 0.550. The molecule has 0 bridgehead atoms. The van der Waals surface area contributed by atoms with Gasteiger partial charge in [0.1, 0.15) is 17.2 Å². The molecule has 2 heterocycles. The minimum atomic E-state index is -5.08. The van der Waals surface area contributed by atoms with Crippen molar-refractivity contribution < 1.29 is 23.1 Å². The van der Waals surface area contributed by atoms with E-state index < -0.39 is 12.1 Å². The Kier molecular flexibility index (Phi) is 10.7. The zero-order valence-corrected chi connectivity index (χ0v) is 22.3. The molecular weight excluding hydrogens is 499 g/mol. The number of hydrogen-bond donors (Lipinski definition) is 2. The zero-order valence-electron chi connectivity index (χ0n) is 21.5. The molecule has 37 heavy (non-hydrogen) atoms. The molecule has 1 fully saturated rings. The first-order chi connectivity index (χ1) is 17.7. The molecule has 3 aromatic rings. The van der Waals surface area contributed by atoms with E-state index in [0.717, 1.165) is 17.2 Å². The Hall–Kier alpha value is -2.68. The Morgan fingerprint density at radius 3 is 2.54 bits per heavy atom. The van der Waals surface area contributed by atoms with E-state index in [1.807, 2.05) is 11.8 Å². The Balaban J connectivity index is 0.000000479. The molecule has 2 N–H and O–H groups in total. The summed E-state index contributed by atoms with van der Waals surface area (Å²) in [6.45, 7) is 4.42. The summed E-state index contributed by atoms with van der Waals surface area (Å²) in [6, 6.07) is 13.8. The van der Waals surface area contributed by atoms with Crippen LogP contribution < -0.4 is 5.32 Å². The second-order valence-corrected chi connectivity index (χ2v) is 10.6. The van der Waals surface area contributed by atoms with Crippen LogP contribution in [0.5, 0.6) is 0 Å². The van der Waals surface area contributed by atoms with E-state index in [9.17, 15) is 13.2 Å². The van der Waals surface area contributed by atoms with Gasteiger partial charge in [0, 0.05) is 22.7 Å². The first-order valence-corrected chi connectivity index (χ1v) is 14.0. The molecule has 9 heteroatoms. The smallest absolute Gasteiger partial charge is 0.475 e. The van der Waals surface area contributed by atoms with Gasteiger partial charge in [-0.2, -0.15) is 13.2 Å². The van der Waals surface area contributed by atoms with Crippen LogP contribution >= 0.6 is 11.8 Å². The highest BCUT2D eigenvalue weighted by Crippen LogP contribution is 2.34. The topological polar surface area (TPSA) is 66.6 Å². The molecule has 1 aromatic carbocycles. The number of carboxylic acids is 1. The van der Waals surface area contributed by atoms with Crippen molar-refractivity contribution in [2.75, 3.05) is 11.1 Å². The fourth-order valence-electron chi connectivity index (χ4n) is 4.38.